The summed E-state index contributed by atoms with van der Waals surface area (Å²) >= 11 is 0. The van der Waals surface area contributed by atoms with Gasteiger partial charge in [0.1, 0.15) is 11.2 Å². The largest absolute Gasteiger partial charge is 0.481 e. The fourth-order valence-electron chi connectivity index (χ4n) is 3.20. The van der Waals surface area contributed by atoms with Gasteiger partial charge in [-0.3, -0.25) is 14.4 Å². The van der Waals surface area contributed by atoms with Crippen molar-refractivity contribution in [3.63, 3.8) is 0 Å². The first kappa shape index (κ1) is 20.5. The SMILES string of the molecule is Cc1ccccc1CC(CNC(=O)C1(C(=O)Nc2ccc(F)cc2)CC1)C(=O)O. The Morgan fingerprint density at radius 3 is 2.31 bits per heavy atom. The summed E-state index contributed by atoms with van der Waals surface area (Å²) in [5.41, 5.74) is 1.10. The van der Waals surface area contributed by atoms with E-state index in [0.717, 1.165) is 11.1 Å². The van der Waals surface area contributed by atoms with Gasteiger partial charge in [-0.1, -0.05) is 24.3 Å². The molecule has 29 heavy (non-hydrogen) atoms. The zero-order valence-corrected chi connectivity index (χ0v) is 16.1. The summed E-state index contributed by atoms with van der Waals surface area (Å²) in [5.74, 6) is -3.17. The predicted molar refractivity (Wildman–Crippen MR) is 106 cm³/mol. The molecule has 2 aromatic rings. The molecule has 1 aliphatic rings. The quantitative estimate of drug-likeness (QED) is 0.596. The molecule has 1 saturated carbocycles. The molecule has 1 atom stereocenters. The molecule has 2 aromatic carbocycles. The van der Waals surface area contributed by atoms with E-state index < -0.39 is 34.9 Å². The van der Waals surface area contributed by atoms with Crippen LogP contribution in [0.15, 0.2) is 48.5 Å². The lowest BCUT2D eigenvalue weighted by Crippen LogP contribution is -2.43. The molecule has 7 heteroatoms. The highest BCUT2D eigenvalue weighted by Crippen LogP contribution is 2.46. The Hall–Kier alpha value is -3.22. The maximum absolute atomic E-state index is 13.0. The summed E-state index contributed by atoms with van der Waals surface area (Å²) < 4.78 is 13.0. The number of carboxylic acids is 1. The van der Waals surface area contributed by atoms with Crippen LogP contribution in [0.25, 0.3) is 0 Å². The molecule has 6 nitrogen and oxygen atoms in total. The first-order valence-corrected chi connectivity index (χ1v) is 9.44. The van der Waals surface area contributed by atoms with Gasteiger partial charge in [-0.2, -0.15) is 0 Å². The Bertz CT molecular complexity index is 923. The first-order chi connectivity index (χ1) is 13.8. The van der Waals surface area contributed by atoms with Crippen molar-refractivity contribution < 1.29 is 23.9 Å². The molecule has 0 aliphatic heterocycles. The normalized spacial score (nSPS) is 15.2. The number of hydrogen-bond donors (Lipinski definition) is 3. The molecule has 3 N–H and O–H groups in total. The van der Waals surface area contributed by atoms with Gasteiger partial charge in [-0.05, 0) is 61.6 Å². The van der Waals surface area contributed by atoms with E-state index in [2.05, 4.69) is 10.6 Å². The van der Waals surface area contributed by atoms with Crippen molar-refractivity contribution in [1.82, 2.24) is 5.32 Å². The third-order valence-corrected chi connectivity index (χ3v) is 5.31. The van der Waals surface area contributed by atoms with E-state index in [9.17, 15) is 23.9 Å². The third-order valence-electron chi connectivity index (χ3n) is 5.31. The van der Waals surface area contributed by atoms with Crippen molar-refractivity contribution in [2.45, 2.75) is 26.2 Å². The van der Waals surface area contributed by atoms with E-state index in [4.69, 9.17) is 0 Å². The molecular weight excluding hydrogens is 375 g/mol. The zero-order chi connectivity index (χ0) is 21.0. The summed E-state index contributed by atoms with van der Waals surface area (Å²) in [5, 5.41) is 14.8. The second kappa shape index (κ2) is 8.43. The summed E-state index contributed by atoms with van der Waals surface area (Å²) in [7, 11) is 0. The number of rotatable bonds is 8. The number of carbonyl (C=O) groups excluding carboxylic acids is 2. The van der Waals surface area contributed by atoms with Gasteiger partial charge in [0, 0.05) is 12.2 Å². The summed E-state index contributed by atoms with van der Waals surface area (Å²) in [4.78, 5) is 36.8. The van der Waals surface area contributed by atoms with Crippen LogP contribution in [0, 0.1) is 24.1 Å². The molecule has 152 valence electrons. The molecule has 0 spiro atoms. The third kappa shape index (κ3) is 4.80. The van der Waals surface area contributed by atoms with E-state index >= 15 is 0 Å². The van der Waals surface area contributed by atoms with E-state index in [1.165, 1.54) is 24.3 Å². The highest BCUT2D eigenvalue weighted by molar-refractivity contribution is 6.13. The Kier molecular flexibility index (Phi) is 5.96. The Morgan fingerprint density at radius 2 is 1.72 bits per heavy atom. The molecule has 2 amide bonds. The fraction of sp³-hybridized carbons (Fsp3) is 0.318. The number of carbonyl (C=O) groups is 3. The number of benzene rings is 2. The molecule has 0 bridgehead atoms. The van der Waals surface area contributed by atoms with Gasteiger partial charge < -0.3 is 15.7 Å². The number of aryl methyl sites for hydroxylation is 1. The minimum atomic E-state index is -1.19. The van der Waals surface area contributed by atoms with Crippen molar-refractivity contribution in [3.8, 4) is 0 Å². The monoisotopic (exact) mass is 398 g/mol. The van der Waals surface area contributed by atoms with Crippen LogP contribution in [-0.2, 0) is 20.8 Å². The topological polar surface area (TPSA) is 95.5 Å². The Morgan fingerprint density at radius 1 is 1.07 bits per heavy atom. The van der Waals surface area contributed by atoms with Crippen LogP contribution in [0.3, 0.4) is 0 Å². The number of aliphatic carboxylic acids is 1. The second-order valence-corrected chi connectivity index (χ2v) is 7.42. The molecule has 0 radical (unpaired) electrons. The van der Waals surface area contributed by atoms with Gasteiger partial charge in [0.15, 0.2) is 0 Å². The summed E-state index contributed by atoms with van der Waals surface area (Å²) in [6, 6.07) is 12.8. The van der Waals surface area contributed by atoms with E-state index in [-0.39, 0.29) is 13.0 Å². The molecule has 1 aliphatic carbocycles. The average molecular weight is 398 g/mol. The second-order valence-electron chi connectivity index (χ2n) is 7.42. The number of anilines is 1. The molecule has 0 heterocycles. The van der Waals surface area contributed by atoms with Crippen molar-refractivity contribution in [3.05, 3.63) is 65.5 Å². The van der Waals surface area contributed by atoms with Crippen LogP contribution < -0.4 is 10.6 Å². The van der Waals surface area contributed by atoms with Crippen LogP contribution in [0.4, 0.5) is 10.1 Å². The number of halogens is 1. The average Bonchev–Trinajstić information content (AvgIpc) is 3.50. The number of hydrogen-bond acceptors (Lipinski definition) is 3. The maximum atomic E-state index is 13.0. The van der Waals surface area contributed by atoms with Crippen LogP contribution >= 0.6 is 0 Å². The lowest BCUT2D eigenvalue weighted by atomic mass is 9.95. The lowest BCUT2D eigenvalue weighted by Gasteiger charge is -2.18. The molecule has 0 saturated heterocycles. The van der Waals surface area contributed by atoms with E-state index in [1.807, 2.05) is 31.2 Å². The van der Waals surface area contributed by atoms with E-state index in [1.54, 1.807) is 0 Å². The van der Waals surface area contributed by atoms with Gasteiger partial charge in [0.05, 0.1) is 5.92 Å². The van der Waals surface area contributed by atoms with Crippen LogP contribution in [0.5, 0.6) is 0 Å². The smallest absolute Gasteiger partial charge is 0.308 e. The highest BCUT2D eigenvalue weighted by atomic mass is 19.1. The van der Waals surface area contributed by atoms with Crippen molar-refractivity contribution in [2.75, 3.05) is 11.9 Å². The van der Waals surface area contributed by atoms with Crippen molar-refractivity contribution in [2.24, 2.45) is 11.3 Å². The highest BCUT2D eigenvalue weighted by Gasteiger charge is 2.56. The molecule has 3 rings (SSSR count). The number of nitrogens with one attached hydrogen (secondary N) is 2. The standard InChI is InChI=1S/C22H23FN2O4/c1-14-4-2-3-5-15(14)12-16(19(26)27)13-24-20(28)22(10-11-22)21(29)25-18-8-6-17(23)7-9-18/h2-9,16H,10-13H2,1H3,(H,24,28)(H,25,29)(H,26,27). The summed E-state index contributed by atoms with van der Waals surface area (Å²) in [6.45, 7) is 1.85. The molecule has 1 fully saturated rings. The molecule has 0 aromatic heterocycles. The number of carboxylic acid groups (broad SMARTS) is 1. The van der Waals surface area contributed by atoms with Gasteiger partial charge >= 0.3 is 5.97 Å². The molecular formula is C22H23FN2O4. The fourth-order valence-corrected chi connectivity index (χ4v) is 3.20. The van der Waals surface area contributed by atoms with Gasteiger partial charge in [0.25, 0.3) is 0 Å². The first-order valence-electron chi connectivity index (χ1n) is 9.44. The van der Waals surface area contributed by atoms with Gasteiger partial charge in [0.2, 0.25) is 11.8 Å². The molecule has 1 unspecified atom stereocenters. The lowest BCUT2D eigenvalue weighted by molar-refractivity contribution is -0.141. The zero-order valence-electron chi connectivity index (χ0n) is 16.1. The van der Waals surface area contributed by atoms with Gasteiger partial charge in [-0.25, -0.2) is 4.39 Å². The number of amides is 2. The van der Waals surface area contributed by atoms with E-state index in [0.29, 0.717) is 18.5 Å². The van der Waals surface area contributed by atoms with Gasteiger partial charge in [-0.15, -0.1) is 0 Å². The Balaban J connectivity index is 1.60. The van der Waals surface area contributed by atoms with Crippen molar-refractivity contribution in [1.29, 1.82) is 0 Å². The minimum Gasteiger partial charge on any atom is -0.481 e. The minimum absolute atomic E-state index is 0.0614. The summed E-state index contributed by atoms with van der Waals surface area (Å²) in [6.07, 6.45) is 1.07. The Labute approximate surface area is 168 Å². The van der Waals surface area contributed by atoms with Crippen molar-refractivity contribution >= 4 is 23.5 Å². The maximum Gasteiger partial charge on any atom is 0.308 e. The van der Waals surface area contributed by atoms with Crippen LogP contribution in [-0.4, -0.2) is 29.4 Å². The van der Waals surface area contributed by atoms with Crippen LogP contribution in [0.1, 0.15) is 24.0 Å². The predicted octanol–water partition coefficient (Wildman–Crippen LogP) is 2.91. The van der Waals surface area contributed by atoms with Crippen LogP contribution in [0.2, 0.25) is 0 Å².